The van der Waals surface area contributed by atoms with Gasteiger partial charge in [0, 0.05) is 20.6 Å². The summed E-state index contributed by atoms with van der Waals surface area (Å²) in [7, 11) is 3.09. The molecular formula is C9H18O4. The van der Waals surface area contributed by atoms with Gasteiger partial charge in [0.15, 0.2) is 0 Å². The van der Waals surface area contributed by atoms with Crippen LogP contribution in [0.4, 0.5) is 0 Å². The first-order chi connectivity index (χ1) is 6.02. The zero-order valence-corrected chi connectivity index (χ0v) is 8.75. The van der Waals surface area contributed by atoms with E-state index in [-0.39, 0.29) is 18.2 Å². The molecule has 0 spiro atoms. The Bertz CT molecular complexity index is 154. The maximum atomic E-state index is 10.8. The summed E-state index contributed by atoms with van der Waals surface area (Å²) in [6.45, 7) is 4.25. The third kappa shape index (κ3) is 6.54. The van der Waals surface area contributed by atoms with E-state index >= 15 is 0 Å². The minimum Gasteiger partial charge on any atom is -0.464 e. The highest BCUT2D eigenvalue weighted by Crippen LogP contribution is 2.12. The molecule has 0 aliphatic carbocycles. The quantitative estimate of drug-likeness (QED) is 0.586. The first-order valence-electron chi connectivity index (χ1n) is 4.21. The molecular weight excluding hydrogens is 172 g/mol. The molecule has 0 saturated carbocycles. The van der Waals surface area contributed by atoms with Crippen molar-refractivity contribution in [2.45, 2.75) is 25.9 Å². The molecule has 0 aliphatic heterocycles. The van der Waals surface area contributed by atoms with Gasteiger partial charge in [-0.2, -0.15) is 0 Å². The lowest BCUT2D eigenvalue weighted by atomic mass is 10.1. The van der Waals surface area contributed by atoms with E-state index in [1.165, 1.54) is 7.11 Å². The molecule has 4 heteroatoms. The fourth-order valence-corrected chi connectivity index (χ4v) is 0.672. The average Bonchev–Trinajstić information content (AvgIpc) is 2.05. The van der Waals surface area contributed by atoms with Gasteiger partial charge >= 0.3 is 5.97 Å². The van der Waals surface area contributed by atoms with E-state index in [0.717, 1.165) is 0 Å². The van der Waals surface area contributed by atoms with Crippen molar-refractivity contribution in [2.75, 3.05) is 27.4 Å². The van der Waals surface area contributed by atoms with E-state index in [1.807, 2.05) is 13.8 Å². The second-order valence-corrected chi connectivity index (χ2v) is 3.37. The van der Waals surface area contributed by atoms with Crippen LogP contribution in [-0.4, -0.2) is 39.0 Å². The van der Waals surface area contributed by atoms with Gasteiger partial charge in [0.1, 0.15) is 6.61 Å². The summed E-state index contributed by atoms with van der Waals surface area (Å²) in [5.41, 5.74) is -0.243. The van der Waals surface area contributed by atoms with E-state index < -0.39 is 0 Å². The summed E-state index contributed by atoms with van der Waals surface area (Å²) in [4.78, 5) is 10.8. The van der Waals surface area contributed by atoms with Crippen LogP contribution in [0.25, 0.3) is 0 Å². The minimum absolute atomic E-state index is 0.00735. The van der Waals surface area contributed by atoms with Crippen molar-refractivity contribution in [1.29, 1.82) is 0 Å². The Balaban J connectivity index is 3.50. The van der Waals surface area contributed by atoms with E-state index in [4.69, 9.17) is 9.47 Å². The third-order valence-electron chi connectivity index (χ3n) is 1.78. The van der Waals surface area contributed by atoms with E-state index in [9.17, 15) is 4.79 Å². The third-order valence-corrected chi connectivity index (χ3v) is 1.78. The molecule has 0 fully saturated rings. The lowest BCUT2D eigenvalue weighted by Crippen LogP contribution is -2.25. The highest BCUT2D eigenvalue weighted by atomic mass is 16.6. The molecule has 0 aromatic rings. The second kappa shape index (κ2) is 5.94. The Morgan fingerprint density at radius 1 is 1.31 bits per heavy atom. The molecule has 13 heavy (non-hydrogen) atoms. The summed E-state index contributed by atoms with van der Waals surface area (Å²) >= 11 is 0. The molecule has 0 N–H and O–H groups in total. The molecule has 0 unspecified atom stereocenters. The van der Waals surface area contributed by atoms with Crippen LogP contribution in [0.2, 0.25) is 0 Å². The Labute approximate surface area is 79.2 Å². The van der Waals surface area contributed by atoms with E-state index in [0.29, 0.717) is 13.0 Å². The van der Waals surface area contributed by atoms with Gasteiger partial charge in [0.2, 0.25) is 0 Å². The van der Waals surface area contributed by atoms with Gasteiger partial charge < -0.3 is 14.2 Å². The minimum atomic E-state index is -0.339. The maximum absolute atomic E-state index is 10.8. The summed E-state index contributed by atoms with van der Waals surface area (Å²) in [5.74, 6) is -0.339. The van der Waals surface area contributed by atoms with Crippen molar-refractivity contribution in [3.63, 3.8) is 0 Å². The molecule has 0 aromatic heterocycles. The van der Waals surface area contributed by atoms with Crippen molar-refractivity contribution in [3.8, 4) is 0 Å². The highest BCUT2D eigenvalue weighted by Gasteiger charge is 2.16. The summed E-state index contributed by atoms with van der Waals surface area (Å²) < 4.78 is 14.6. The normalized spacial score (nSPS) is 11.4. The van der Waals surface area contributed by atoms with Crippen molar-refractivity contribution >= 4 is 5.97 Å². The lowest BCUT2D eigenvalue weighted by molar-refractivity contribution is -0.149. The number of hydrogen-bond acceptors (Lipinski definition) is 4. The number of rotatable bonds is 6. The predicted molar refractivity (Wildman–Crippen MR) is 48.5 cm³/mol. The van der Waals surface area contributed by atoms with Gasteiger partial charge in [-0.05, 0) is 13.8 Å². The van der Waals surface area contributed by atoms with Gasteiger partial charge in [-0.1, -0.05) is 0 Å². The standard InChI is InChI=1S/C9H18O4/c1-9(2,12-4)5-6-13-8(10)7-11-3/h5-7H2,1-4H3. The lowest BCUT2D eigenvalue weighted by Gasteiger charge is -2.22. The fraction of sp³-hybridized carbons (Fsp3) is 0.889. The molecule has 0 radical (unpaired) electrons. The predicted octanol–water partition coefficient (Wildman–Crippen LogP) is 0.991. The van der Waals surface area contributed by atoms with E-state index in [2.05, 4.69) is 4.74 Å². The molecule has 0 aliphatic rings. The Hall–Kier alpha value is -0.610. The highest BCUT2D eigenvalue weighted by molar-refractivity contribution is 5.70. The van der Waals surface area contributed by atoms with E-state index in [1.54, 1.807) is 7.11 Å². The maximum Gasteiger partial charge on any atom is 0.332 e. The monoisotopic (exact) mass is 190 g/mol. The largest absolute Gasteiger partial charge is 0.464 e. The summed E-state index contributed by atoms with van der Waals surface area (Å²) in [5, 5.41) is 0. The van der Waals surface area contributed by atoms with Gasteiger partial charge in [-0.3, -0.25) is 0 Å². The van der Waals surface area contributed by atoms with Crippen molar-refractivity contribution < 1.29 is 19.0 Å². The molecule has 0 aromatic carbocycles. The van der Waals surface area contributed by atoms with Crippen LogP contribution >= 0.6 is 0 Å². The zero-order valence-electron chi connectivity index (χ0n) is 8.75. The molecule has 0 rings (SSSR count). The SMILES string of the molecule is COCC(=O)OCCC(C)(C)OC. The Kier molecular flexibility index (Phi) is 5.66. The van der Waals surface area contributed by atoms with Gasteiger partial charge in [0.25, 0.3) is 0 Å². The average molecular weight is 190 g/mol. The summed E-state index contributed by atoms with van der Waals surface area (Å²) in [6, 6.07) is 0. The van der Waals surface area contributed by atoms with Gasteiger partial charge in [-0.25, -0.2) is 4.79 Å². The summed E-state index contributed by atoms with van der Waals surface area (Å²) in [6.07, 6.45) is 0.680. The van der Waals surface area contributed by atoms with Crippen LogP contribution < -0.4 is 0 Å². The molecule has 4 nitrogen and oxygen atoms in total. The van der Waals surface area contributed by atoms with Crippen molar-refractivity contribution in [2.24, 2.45) is 0 Å². The number of ether oxygens (including phenoxy) is 3. The zero-order chi connectivity index (χ0) is 10.3. The topological polar surface area (TPSA) is 44.8 Å². The molecule has 0 heterocycles. The molecule has 0 saturated heterocycles. The van der Waals surface area contributed by atoms with Crippen molar-refractivity contribution in [3.05, 3.63) is 0 Å². The molecule has 0 bridgehead atoms. The Morgan fingerprint density at radius 3 is 2.38 bits per heavy atom. The van der Waals surface area contributed by atoms with Gasteiger partial charge in [-0.15, -0.1) is 0 Å². The number of carbonyl (C=O) groups is 1. The van der Waals surface area contributed by atoms with Crippen LogP contribution in [0, 0.1) is 0 Å². The second-order valence-electron chi connectivity index (χ2n) is 3.37. The molecule has 0 atom stereocenters. The van der Waals surface area contributed by atoms with Crippen LogP contribution in [-0.2, 0) is 19.0 Å². The van der Waals surface area contributed by atoms with Gasteiger partial charge in [0.05, 0.1) is 12.2 Å². The van der Waals surface area contributed by atoms with Crippen LogP contribution in [0.1, 0.15) is 20.3 Å². The van der Waals surface area contributed by atoms with Crippen LogP contribution in [0.5, 0.6) is 0 Å². The number of carbonyl (C=O) groups excluding carboxylic acids is 1. The number of esters is 1. The van der Waals surface area contributed by atoms with Crippen LogP contribution in [0.15, 0.2) is 0 Å². The fourth-order valence-electron chi connectivity index (χ4n) is 0.672. The number of methoxy groups -OCH3 is 2. The van der Waals surface area contributed by atoms with Crippen molar-refractivity contribution in [1.82, 2.24) is 0 Å². The smallest absolute Gasteiger partial charge is 0.332 e. The van der Waals surface area contributed by atoms with Crippen LogP contribution in [0.3, 0.4) is 0 Å². The molecule has 78 valence electrons. The molecule has 0 amide bonds. The first kappa shape index (κ1) is 12.4. The Morgan fingerprint density at radius 2 is 1.92 bits per heavy atom. The number of hydrogen-bond donors (Lipinski definition) is 0. The first-order valence-corrected chi connectivity index (χ1v) is 4.21.